The molecule has 7 nitrogen and oxygen atoms in total. The summed E-state index contributed by atoms with van der Waals surface area (Å²) in [4.78, 5) is 40.7. The van der Waals surface area contributed by atoms with E-state index < -0.39 is 17.9 Å². The third-order valence-corrected chi connectivity index (χ3v) is 6.13. The number of allylic oxidation sites excluding steroid dienone is 2. The van der Waals surface area contributed by atoms with Gasteiger partial charge in [0.25, 0.3) is 0 Å². The van der Waals surface area contributed by atoms with E-state index in [0.717, 1.165) is 43.5 Å². The number of carbonyl (C=O) groups is 3. The molecule has 1 saturated heterocycles. The van der Waals surface area contributed by atoms with Gasteiger partial charge in [-0.1, -0.05) is 24.3 Å². The van der Waals surface area contributed by atoms with Crippen molar-refractivity contribution < 1.29 is 23.9 Å². The van der Waals surface area contributed by atoms with Gasteiger partial charge in [0.05, 0.1) is 30.3 Å². The second-order valence-corrected chi connectivity index (χ2v) is 8.42. The molecule has 2 heterocycles. The van der Waals surface area contributed by atoms with Gasteiger partial charge in [0.1, 0.15) is 0 Å². The maximum absolute atomic E-state index is 13.0. The van der Waals surface area contributed by atoms with Gasteiger partial charge in [0.2, 0.25) is 5.91 Å². The molecule has 1 aromatic carbocycles. The van der Waals surface area contributed by atoms with Crippen LogP contribution < -0.4 is 5.32 Å². The molecule has 0 radical (unpaired) electrons. The molecule has 0 unspecified atom stereocenters. The second kappa shape index (κ2) is 11.7. The largest absolute Gasteiger partial charge is 0.463 e. The summed E-state index contributed by atoms with van der Waals surface area (Å²) in [6.45, 7) is 9.04. The number of nitrogens with zero attached hydrogens (tertiary/aromatic N) is 1. The zero-order valence-corrected chi connectivity index (χ0v) is 20.5. The van der Waals surface area contributed by atoms with Gasteiger partial charge < -0.3 is 19.7 Å². The Kier molecular flexibility index (Phi) is 8.68. The average molecular weight is 467 g/mol. The summed E-state index contributed by atoms with van der Waals surface area (Å²) in [5.41, 5.74) is 3.45. The number of likely N-dealkylation sites (tertiary alicyclic amines) is 1. The molecule has 182 valence electrons. The summed E-state index contributed by atoms with van der Waals surface area (Å²) < 4.78 is 10.7. The van der Waals surface area contributed by atoms with Crippen LogP contribution in [0.4, 0.5) is 0 Å². The van der Waals surface area contributed by atoms with Crippen molar-refractivity contribution in [2.24, 2.45) is 0 Å². The van der Waals surface area contributed by atoms with Crippen molar-refractivity contribution in [3.8, 4) is 0 Å². The zero-order valence-electron chi connectivity index (χ0n) is 20.5. The lowest BCUT2D eigenvalue weighted by atomic mass is 9.78. The summed E-state index contributed by atoms with van der Waals surface area (Å²) >= 11 is 0. The van der Waals surface area contributed by atoms with Crippen LogP contribution in [0.15, 0.2) is 52.9 Å². The monoisotopic (exact) mass is 466 g/mol. The Bertz CT molecular complexity index is 991. The van der Waals surface area contributed by atoms with Crippen molar-refractivity contribution in [3.63, 3.8) is 0 Å². The average Bonchev–Trinajstić information content (AvgIpc) is 2.83. The van der Waals surface area contributed by atoms with Crippen LogP contribution in [0.25, 0.3) is 6.08 Å². The van der Waals surface area contributed by atoms with E-state index in [0.29, 0.717) is 22.5 Å². The van der Waals surface area contributed by atoms with Crippen molar-refractivity contribution in [2.75, 3.05) is 26.3 Å². The van der Waals surface area contributed by atoms with E-state index >= 15 is 0 Å². The van der Waals surface area contributed by atoms with E-state index in [9.17, 15) is 14.4 Å². The van der Waals surface area contributed by atoms with Gasteiger partial charge in [-0.3, -0.25) is 4.79 Å². The Labute approximate surface area is 201 Å². The van der Waals surface area contributed by atoms with Gasteiger partial charge in [0, 0.05) is 30.6 Å². The smallest absolute Gasteiger partial charge is 0.336 e. The molecule has 2 aliphatic rings. The van der Waals surface area contributed by atoms with Crippen molar-refractivity contribution in [2.45, 2.75) is 52.9 Å². The number of carbonyl (C=O) groups excluding carboxylic acids is 3. The third-order valence-electron chi connectivity index (χ3n) is 6.13. The summed E-state index contributed by atoms with van der Waals surface area (Å²) in [5, 5.41) is 3.15. The highest BCUT2D eigenvalue weighted by molar-refractivity contribution is 6.00. The van der Waals surface area contributed by atoms with E-state index in [1.165, 1.54) is 0 Å². The number of rotatable bonds is 7. The molecule has 0 bridgehead atoms. The normalized spacial score (nSPS) is 17.1. The maximum Gasteiger partial charge on any atom is 0.336 e. The van der Waals surface area contributed by atoms with Crippen LogP contribution in [-0.4, -0.2) is 49.0 Å². The first-order valence-corrected chi connectivity index (χ1v) is 12.0. The Morgan fingerprint density at radius 1 is 0.941 bits per heavy atom. The van der Waals surface area contributed by atoms with Crippen LogP contribution in [0, 0.1) is 0 Å². The molecule has 3 rings (SSSR count). The highest BCUT2D eigenvalue weighted by Gasteiger charge is 2.38. The van der Waals surface area contributed by atoms with E-state index in [4.69, 9.17) is 9.47 Å². The first kappa shape index (κ1) is 25.3. The number of piperidine rings is 1. The van der Waals surface area contributed by atoms with E-state index in [-0.39, 0.29) is 19.1 Å². The van der Waals surface area contributed by atoms with Gasteiger partial charge in [-0.25, -0.2) is 9.59 Å². The fourth-order valence-electron chi connectivity index (χ4n) is 4.57. The zero-order chi connectivity index (χ0) is 24.7. The Morgan fingerprint density at radius 2 is 1.50 bits per heavy atom. The lowest BCUT2D eigenvalue weighted by Crippen LogP contribution is -2.34. The highest BCUT2D eigenvalue weighted by Crippen LogP contribution is 2.41. The number of nitrogens with one attached hydrogen (secondary N) is 1. The number of hydrogen-bond acceptors (Lipinski definition) is 6. The molecule has 1 fully saturated rings. The minimum absolute atomic E-state index is 0.0329. The van der Waals surface area contributed by atoms with E-state index in [1.54, 1.807) is 39.8 Å². The highest BCUT2D eigenvalue weighted by atomic mass is 16.5. The van der Waals surface area contributed by atoms with Gasteiger partial charge in [-0.15, -0.1) is 0 Å². The number of benzene rings is 1. The lowest BCUT2D eigenvalue weighted by Gasteiger charge is -2.31. The summed E-state index contributed by atoms with van der Waals surface area (Å²) in [5.74, 6) is -1.70. The van der Waals surface area contributed by atoms with E-state index in [2.05, 4.69) is 5.32 Å². The Hall–Kier alpha value is -3.35. The van der Waals surface area contributed by atoms with Crippen LogP contribution in [0.1, 0.15) is 64.0 Å². The molecule has 34 heavy (non-hydrogen) atoms. The maximum atomic E-state index is 13.0. The van der Waals surface area contributed by atoms with Gasteiger partial charge in [-0.05, 0) is 64.2 Å². The second-order valence-electron chi connectivity index (χ2n) is 8.42. The van der Waals surface area contributed by atoms with Crippen molar-refractivity contribution in [1.82, 2.24) is 10.2 Å². The molecule has 0 saturated carbocycles. The predicted octanol–water partition coefficient (Wildman–Crippen LogP) is 4.07. The van der Waals surface area contributed by atoms with Gasteiger partial charge in [-0.2, -0.15) is 0 Å². The van der Waals surface area contributed by atoms with Gasteiger partial charge in [0.15, 0.2) is 0 Å². The molecule has 2 aliphatic heterocycles. The molecule has 7 heteroatoms. The molecule has 0 aliphatic carbocycles. The number of ether oxygens (including phenoxy) is 2. The van der Waals surface area contributed by atoms with Gasteiger partial charge >= 0.3 is 11.9 Å². The molecular weight excluding hydrogens is 432 g/mol. The Morgan fingerprint density at radius 3 is 2.06 bits per heavy atom. The standard InChI is InChI=1S/C27H34N2O5/c1-5-33-26(31)23-18(3)28-19(4)24(27(32)34-6-2)25(23)21-13-9-8-12-20(21)14-15-22(30)29-16-10-7-11-17-29/h8-9,12-15,25,28H,5-7,10-11,16-17H2,1-4H3/b15-14+. The van der Waals surface area contributed by atoms with Crippen LogP contribution in [-0.2, 0) is 23.9 Å². The lowest BCUT2D eigenvalue weighted by molar-refractivity contribution is -0.139. The Balaban J connectivity index is 2.08. The quantitative estimate of drug-likeness (QED) is 0.482. The van der Waals surface area contributed by atoms with Crippen molar-refractivity contribution in [1.29, 1.82) is 0 Å². The summed E-state index contributed by atoms with van der Waals surface area (Å²) in [6.07, 6.45) is 6.53. The van der Waals surface area contributed by atoms with Crippen molar-refractivity contribution in [3.05, 3.63) is 64.0 Å². The molecule has 1 N–H and O–H groups in total. The topological polar surface area (TPSA) is 84.9 Å². The first-order valence-electron chi connectivity index (χ1n) is 12.0. The summed E-state index contributed by atoms with van der Waals surface area (Å²) in [7, 11) is 0. The minimum Gasteiger partial charge on any atom is -0.463 e. The van der Waals surface area contributed by atoms with Crippen LogP contribution in [0.5, 0.6) is 0 Å². The van der Waals surface area contributed by atoms with Crippen LogP contribution in [0.3, 0.4) is 0 Å². The van der Waals surface area contributed by atoms with Crippen molar-refractivity contribution >= 4 is 23.9 Å². The SMILES string of the molecule is CCOC(=O)C1=C(C)NC(C)=C(C(=O)OCC)C1c1ccccc1/C=C/C(=O)N1CCCCC1. The number of hydrogen-bond donors (Lipinski definition) is 1. The van der Waals surface area contributed by atoms with Crippen LogP contribution >= 0.6 is 0 Å². The number of dihydropyridines is 1. The van der Waals surface area contributed by atoms with E-state index in [1.807, 2.05) is 29.2 Å². The molecule has 0 atom stereocenters. The third kappa shape index (κ3) is 5.58. The number of amides is 1. The minimum atomic E-state index is -0.690. The first-order chi connectivity index (χ1) is 16.4. The molecular formula is C27H34N2O5. The number of esters is 2. The fraction of sp³-hybridized carbons (Fsp3) is 0.444. The summed E-state index contributed by atoms with van der Waals surface area (Å²) in [6, 6.07) is 7.49. The molecule has 0 spiro atoms. The molecule has 1 aromatic rings. The van der Waals surface area contributed by atoms with Crippen LogP contribution in [0.2, 0.25) is 0 Å². The fourth-order valence-corrected chi connectivity index (χ4v) is 4.57. The molecule has 0 aromatic heterocycles. The predicted molar refractivity (Wildman–Crippen MR) is 130 cm³/mol. The molecule has 1 amide bonds.